The number of unbranched alkanes of at least 4 members (excludes halogenated alkanes) is 5. The quantitative estimate of drug-likeness (QED) is 0.351. The van der Waals surface area contributed by atoms with Crippen LogP contribution in [0.4, 0.5) is 0 Å². The first-order chi connectivity index (χ1) is 9.53. The summed E-state index contributed by atoms with van der Waals surface area (Å²) in [6, 6.07) is 0. The molecule has 0 N–H and O–H groups in total. The molecular weight excluding hydrogens is 359 g/mol. The second kappa shape index (κ2) is 9.06. The first kappa shape index (κ1) is 18.0. The van der Waals surface area contributed by atoms with Crippen molar-refractivity contribution in [3.05, 3.63) is 15.7 Å². The third kappa shape index (κ3) is 5.38. The van der Waals surface area contributed by atoms with E-state index in [9.17, 15) is 0 Å². The van der Waals surface area contributed by atoms with Gasteiger partial charge in [-0.05, 0) is 49.3 Å². The molecule has 0 amide bonds. The summed E-state index contributed by atoms with van der Waals surface area (Å²) in [6.07, 6.45) is 14.2. The zero-order chi connectivity index (χ0) is 15.0. The molecule has 0 fully saturated rings. The van der Waals surface area contributed by atoms with Crippen molar-refractivity contribution in [3.8, 4) is 0 Å². The van der Waals surface area contributed by atoms with Gasteiger partial charge in [0.1, 0.15) is 0 Å². The van der Waals surface area contributed by atoms with Gasteiger partial charge in [-0.25, -0.2) is 4.98 Å². The lowest BCUT2D eigenvalue weighted by Gasteiger charge is -2.32. The third-order valence-corrected chi connectivity index (χ3v) is 5.01. The van der Waals surface area contributed by atoms with Crippen LogP contribution < -0.4 is 0 Å². The first-order valence-electron chi connectivity index (χ1n) is 8.25. The largest absolute Gasteiger partial charge is 0.320 e. The van der Waals surface area contributed by atoms with E-state index in [1.54, 1.807) is 0 Å². The van der Waals surface area contributed by atoms with E-state index >= 15 is 0 Å². The molecule has 0 bridgehead atoms. The van der Waals surface area contributed by atoms with Crippen LogP contribution in [0.3, 0.4) is 0 Å². The van der Waals surface area contributed by atoms with Crippen LogP contribution in [0.2, 0.25) is 0 Å². The Balaban J connectivity index is 2.68. The van der Waals surface area contributed by atoms with E-state index < -0.39 is 0 Å². The molecule has 1 aromatic rings. The van der Waals surface area contributed by atoms with Gasteiger partial charge >= 0.3 is 0 Å². The number of nitrogens with zero attached hydrogens (tertiary/aromatic N) is 2. The van der Waals surface area contributed by atoms with Gasteiger partial charge in [-0.3, -0.25) is 0 Å². The van der Waals surface area contributed by atoms with Crippen molar-refractivity contribution in [2.24, 2.45) is 0 Å². The molecule has 0 saturated carbocycles. The van der Waals surface area contributed by atoms with E-state index in [0.29, 0.717) is 0 Å². The zero-order valence-electron chi connectivity index (χ0n) is 13.7. The Morgan fingerprint density at radius 1 is 1.05 bits per heavy atom. The molecule has 1 heterocycles. The van der Waals surface area contributed by atoms with Crippen LogP contribution in [0.5, 0.6) is 0 Å². The summed E-state index contributed by atoms with van der Waals surface area (Å²) >= 11 is 2.38. The van der Waals surface area contributed by atoms with Crippen molar-refractivity contribution in [1.29, 1.82) is 0 Å². The minimum Gasteiger partial charge on any atom is -0.320 e. The molecule has 20 heavy (non-hydrogen) atoms. The molecule has 0 aliphatic carbocycles. The number of hydrogen-bond acceptors (Lipinski definition) is 1. The average Bonchev–Trinajstić information content (AvgIpc) is 2.76. The molecule has 0 spiro atoms. The summed E-state index contributed by atoms with van der Waals surface area (Å²) in [4.78, 5) is 4.59. The second-order valence-corrected chi connectivity index (χ2v) is 7.25. The van der Waals surface area contributed by atoms with E-state index in [2.05, 4.69) is 66.0 Å². The van der Waals surface area contributed by atoms with Gasteiger partial charge in [0.25, 0.3) is 0 Å². The summed E-state index contributed by atoms with van der Waals surface area (Å²) in [5, 5.41) is 0. The van der Waals surface area contributed by atoms with Gasteiger partial charge in [0.05, 0.1) is 5.69 Å². The maximum atomic E-state index is 4.59. The van der Waals surface area contributed by atoms with Gasteiger partial charge in [0.2, 0.25) is 0 Å². The highest BCUT2D eigenvalue weighted by molar-refractivity contribution is 14.1. The molecule has 1 atom stereocenters. The van der Waals surface area contributed by atoms with E-state index in [4.69, 9.17) is 0 Å². The summed E-state index contributed by atoms with van der Waals surface area (Å²) in [5.41, 5.74) is 1.39. The number of imidazole rings is 1. The smallest absolute Gasteiger partial charge is 0.172 e. The van der Waals surface area contributed by atoms with Crippen LogP contribution in [0.15, 0.2) is 6.20 Å². The van der Waals surface area contributed by atoms with Crippen molar-refractivity contribution in [2.45, 2.75) is 91.0 Å². The zero-order valence-corrected chi connectivity index (χ0v) is 15.9. The Kier molecular flexibility index (Phi) is 8.15. The van der Waals surface area contributed by atoms with Gasteiger partial charge in [-0.15, -0.1) is 0 Å². The van der Waals surface area contributed by atoms with Gasteiger partial charge in [-0.1, -0.05) is 58.8 Å². The maximum absolute atomic E-state index is 4.59. The Hall–Kier alpha value is -0.0600. The highest BCUT2D eigenvalue weighted by Gasteiger charge is 2.27. The van der Waals surface area contributed by atoms with Crippen LogP contribution in [-0.4, -0.2) is 9.55 Å². The van der Waals surface area contributed by atoms with Crippen molar-refractivity contribution in [2.75, 3.05) is 0 Å². The topological polar surface area (TPSA) is 17.8 Å². The summed E-state index contributed by atoms with van der Waals surface area (Å²) in [5.74, 6) is 0. The number of halogens is 1. The molecular formula is C17H31IN2. The number of aromatic nitrogens is 2. The summed E-state index contributed by atoms with van der Waals surface area (Å²) in [7, 11) is 0. The van der Waals surface area contributed by atoms with E-state index in [1.165, 1.54) is 57.8 Å². The predicted octanol–water partition coefficient (Wildman–Crippen LogP) is 6.06. The molecule has 3 heteroatoms. The van der Waals surface area contributed by atoms with E-state index in [-0.39, 0.29) is 5.54 Å². The second-order valence-electron chi connectivity index (χ2n) is 6.29. The molecule has 0 aliphatic rings. The molecule has 0 saturated heterocycles. The first-order valence-corrected chi connectivity index (χ1v) is 9.33. The van der Waals surface area contributed by atoms with Gasteiger partial charge in [0, 0.05) is 11.7 Å². The van der Waals surface area contributed by atoms with Gasteiger partial charge in [-0.2, -0.15) is 0 Å². The molecule has 2 nitrogen and oxygen atoms in total. The molecule has 0 aliphatic heterocycles. The normalized spacial score (nSPS) is 14.4. The van der Waals surface area contributed by atoms with Crippen molar-refractivity contribution >= 4 is 22.6 Å². The fourth-order valence-corrected chi connectivity index (χ4v) is 3.98. The molecule has 1 unspecified atom stereocenters. The minimum atomic E-state index is 0.250. The fourth-order valence-electron chi connectivity index (χ4n) is 2.88. The van der Waals surface area contributed by atoms with Gasteiger partial charge < -0.3 is 4.57 Å². The molecule has 0 radical (unpaired) electrons. The van der Waals surface area contributed by atoms with Crippen LogP contribution in [0.25, 0.3) is 0 Å². The van der Waals surface area contributed by atoms with Crippen LogP contribution in [0.1, 0.15) is 84.3 Å². The SMILES string of the molecule is CCCCCCCC(C)(CCCC)n1cc(C)nc1I. The molecule has 1 rings (SSSR count). The molecule has 116 valence electrons. The van der Waals surface area contributed by atoms with Crippen LogP contribution in [-0.2, 0) is 5.54 Å². The Morgan fingerprint density at radius 3 is 2.20 bits per heavy atom. The van der Waals surface area contributed by atoms with E-state index in [0.717, 1.165) is 9.53 Å². The number of rotatable bonds is 10. The lowest BCUT2D eigenvalue weighted by molar-refractivity contribution is 0.247. The van der Waals surface area contributed by atoms with Crippen molar-refractivity contribution in [3.63, 3.8) is 0 Å². The lowest BCUT2D eigenvalue weighted by atomic mass is 9.88. The summed E-state index contributed by atoms with van der Waals surface area (Å²) < 4.78 is 3.57. The van der Waals surface area contributed by atoms with Crippen molar-refractivity contribution < 1.29 is 0 Å². The minimum absolute atomic E-state index is 0.250. The Labute approximate surface area is 138 Å². The lowest BCUT2D eigenvalue weighted by Crippen LogP contribution is -2.30. The van der Waals surface area contributed by atoms with Crippen molar-refractivity contribution in [1.82, 2.24) is 9.55 Å². The maximum Gasteiger partial charge on any atom is 0.172 e. The number of hydrogen-bond donors (Lipinski definition) is 0. The third-order valence-electron chi connectivity index (χ3n) is 4.25. The van der Waals surface area contributed by atoms with E-state index in [1.807, 2.05) is 0 Å². The Morgan fingerprint density at radius 2 is 1.65 bits per heavy atom. The highest BCUT2D eigenvalue weighted by Crippen LogP contribution is 2.32. The monoisotopic (exact) mass is 390 g/mol. The molecule has 1 aromatic heterocycles. The Bertz CT molecular complexity index is 386. The highest BCUT2D eigenvalue weighted by atomic mass is 127. The number of aryl methyl sites for hydroxylation is 1. The predicted molar refractivity (Wildman–Crippen MR) is 96.2 cm³/mol. The average molecular weight is 390 g/mol. The van der Waals surface area contributed by atoms with Gasteiger partial charge in [0.15, 0.2) is 3.83 Å². The fraction of sp³-hybridized carbons (Fsp3) is 0.824. The molecule has 0 aromatic carbocycles. The van der Waals surface area contributed by atoms with Crippen LogP contribution in [0, 0.1) is 10.8 Å². The standard InChI is InChI=1S/C17H31IN2/c1-5-7-9-10-11-13-17(4,12-8-6-2)20-14-15(3)19-16(20)18/h14H,5-13H2,1-4H3. The van der Waals surface area contributed by atoms with Crippen LogP contribution >= 0.6 is 22.6 Å². The summed E-state index contributed by atoms with van der Waals surface area (Å²) in [6.45, 7) is 9.08.